The first-order chi connectivity index (χ1) is 7.63. The van der Waals surface area contributed by atoms with Gasteiger partial charge in [-0.15, -0.1) is 0 Å². The minimum Gasteiger partial charge on any atom is -0.350 e. The first kappa shape index (κ1) is 12.5. The van der Waals surface area contributed by atoms with Gasteiger partial charge in [0.25, 0.3) is 0 Å². The lowest BCUT2D eigenvalue weighted by atomic mass is 10.1. The molecule has 0 unspecified atom stereocenters. The molecule has 0 spiro atoms. The number of rotatable bonds is 4. The number of hydrogen-bond acceptors (Lipinski definition) is 1. The molecule has 0 aromatic heterocycles. The Labute approximate surface area is 97.4 Å². The van der Waals surface area contributed by atoms with Gasteiger partial charge in [0.15, 0.2) is 0 Å². The third-order valence-corrected chi connectivity index (χ3v) is 2.58. The summed E-state index contributed by atoms with van der Waals surface area (Å²) < 4.78 is 0. The summed E-state index contributed by atoms with van der Waals surface area (Å²) in [5.41, 5.74) is 2.07. The van der Waals surface area contributed by atoms with Crippen molar-refractivity contribution in [2.45, 2.75) is 33.2 Å². The maximum atomic E-state index is 11.6. The quantitative estimate of drug-likeness (QED) is 0.772. The summed E-state index contributed by atoms with van der Waals surface area (Å²) in [6, 6.07) is 10.1. The van der Waals surface area contributed by atoms with Crippen molar-refractivity contribution >= 4 is 11.5 Å². The van der Waals surface area contributed by atoms with Crippen LogP contribution < -0.4 is 5.32 Å². The largest absolute Gasteiger partial charge is 0.350 e. The highest BCUT2D eigenvalue weighted by Gasteiger charge is 2.03. The number of carbonyl (C=O) groups excluding carboxylic acids is 1. The molecule has 1 aromatic carbocycles. The Morgan fingerprint density at radius 1 is 1.38 bits per heavy atom. The van der Waals surface area contributed by atoms with Crippen molar-refractivity contribution in [3.63, 3.8) is 0 Å². The third-order valence-electron chi connectivity index (χ3n) is 2.58. The van der Waals surface area contributed by atoms with Crippen LogP contribution in [0.2, 0.25) is 0 Å². The smallest absolute Gasteiger partial charge is 0.244 e. The standard InChI is InChI=1S/C14H19NO/c1-4-12(3)15-14(16)10-11(2)13-8-6-5-7-9-13/h5-10,12H,4H2,1-3H3,(H,15,16)/b11-10+/t12-/m0/s1. The lowest BCUT2D eigenvalue weighted by Crippen LogP contribution is -2.30. The van der Waals surface area contributed by atoms with Crippen molar-refractivity contribution in [3.05, 3.63) is 42.0 Å². The summed E-state index contributed by atoms with van der Waals surface area (Å²) >= 11 is 0. The number of allylic oxidation sites excluding steroid dienone is 1. The van der Waals surface area contributed by atoms with Crippen LogP contribution in [-0.2, 0) is 4.79 Å². The molecule has 0 saturated carbocycles. The highest BCUT2D eigenvalue weighted by molar-refractivity contribution is 5.94. The first-order valence-corrected chi connectivity index (χ1v) is 5.67. The molecule has 2 heteroatoms. The topological polar surface area (TPSA) is 29.1 Å². The Bertz CT molecular complexity index is 368. The van der Waals surface area contributed by atoms with Gasteiger partial charge < -0.3 is 5.32 Å². The molecular formula is C14H19NO. The Balaban J connectivity index is 2.67. The zero-order valence-corrected chi connectivity index (χ0v) is 10.2. The molecule has 0 bridgehead atoms. The summed E-state index contributed by atoms with van der Waals surface area (Å²) in [6.07, 6.45) is 2.60. The fourth-order valence-corrected chi connectivity index (χ4v) is 1.37. The zero-order valence-electron chi connectivity index (χ0n) is 10.2. The van der Waals surface area contributed by atoms with Crippen LogP contribution in [0.1, 0.15) is 32.8 Å². The Morgan fingerprint density at radius 3 is 2.56 bits per heavy atom. The van der Waals surface area contributed by atoms with Crippen molar-refractivity contribution in [3.8, 4) is 0 Å². The molecule has 2 nitrogen and oxygen atoms in total. The van der Waals surface area contributed by atoms with E-state index >= 15 is 0 Å². The Kier molecular flexibility index (Phi) is 4.77. The summed E-state index contributed by atoms with van der Waals surface area (Å²) in [5.74, 6) is -0.0179. The van der Waals surface area contributed by atoms with Gasteiger partial charge in [-0.1, -0.05) is 37.3 Å². The molecular weight excluding hydrogens is 198 g/mol. The van der Waals surface area contributed by atoms with Gasteiger partial charge in [-0.05, 0) is 31.4 Å². The van der Waals surface area contributed by atoms with Gasteiger partial charge in [-0.3, -0.25) is 4.79 Å². The van der Waals surface area contributed by atoms with Crippen molar-refractivity contribution in [1.82, 2.24) is 5.32 Å². The summed E-state index contributed by atoms with van der Waals surface area (Å²) in [4.78, 5) is 11.6. The molecule has 0 fully saturated rings. The highest BCUT2D eigenvalue weighted by Crippen LogP contribution is 2.12. The van der Waals surface area contributed by atoms with E-state index in [2.05, 4.69) is 12.2 Å². The molecule has 86 valence electrons. The molecule has 1 amide bonds. The van der Waals surface area contributed by atoms with Crippen LogP contribution in [0.15, 0.2) is 36.4 Å². The van der Waals surface area contributed by atoms with Crippen molar-refractivity contribution in [2.75, 3.05) is 0 Å². The average Bonchev–Trinajstić information content (AvgIpc) is 2.29. The lowest BCUT2D eigenvalue weighted by Gasteiger charge is -2.09. The maximum Gasteiger partial charge on any atom is 0.244 e. The number of amides is 1. The molecule has 0 heterocycles. The molecule has 1 rings (SSSR count). The fraction of sp³-hybridized carbons (Fsp3) is 0.357. The lowest BCUT2D eigenvalue weighted by molar-refractivity contribution is -0.117. The van der Waals surface area contributed by atoms with Crippen molar-refractivity contribution in [1.29, 1.82) is 0 Å². The number of nitrogens with one attached hydrogen (secondary N) is 1. The molecule has 1 aromatic rings. The van der Waals surface area contributed by atoms with E-state index in [1.165, 1.54) is 0 Å². The second-order valence-corrected chi connectivity index (χ2v) is 4.01. The highest BCUT2D eigenvalue weighted by atomic mass is 16.1. The fourth-order valence-electron chi connectivity index (χ4n) is 1.37. The van der Waals surface area contributed by atoms with E-state index < -0.39 is 0 Å². The molecule has 0 aliphatic heterocycles. The minimum atomic E-state index is -0.0179. The molecule has 16 heavy (non-hydrogen) atoms. The second kappa shape index (κ2) is 6.11. The third kappa shape index (κ3) is 3.89. The monoisotopic (exact) mass is 217 g/mol. The van der Waals surface area contributed by atoms with Gasteiger partial charge in [0.1, 0.15) is 0 Å². The Morgan fingerprint density at radius 2 is 2.00 bits per heavy atom. The van der Waals surface area contributed by atoms with Gasteiger partial charge in [-0.2, -0.15) is 0 Å². The van der Waals surface area contributed by atoms with Crippen LogP contribution >= 0.6 is 0 Å². The number of benzene rings is 1. The van der Waals surface area contributed by atoms with Gasteiger partial charge in [0.05, 0.1) is 0 Å². The van der Waals surface area contributed by atoms with Crippen LogP contribution in [0.4, 0.5) is 0 Å². The van der Waals surface area contributed by atoms with Crippen LogP contribution in [-0.4, -0.2) is 11.9 Å². The van der Waals surface area contributed by atoms with Gasteiger partial charge in [-0.25, -0.2) is 0 Å². The molecule has 1 atom stereocenters. The summed E-state index contributed by atoms with van der Waals surface area (Å²) in [7, 11) is 0. The van der Waals surface area contributed by atoms with E-state index in [4.69, 9.17) is 0 Å². The van der Waals surface area contributed by atoms with Crippen LogP contribution in [0.25, 0.3) is 5.57 Å². The summed E-state index contributed by atoms with van der Waals surface area (Å²) in [6.45, 7) is 6.01. The minimum absolute atomic E-state index is 0.0179. The Hall–Kier alpha value is -1.57. The van der Waals surface area contributed by atoms with E-state index in [1.807, 2.05) is 44.2 Å². The van der Waals surface area contributed by atoms with E-state index in [1.54, 1.807) is 6.08 Å². The normalized spacial score (nSPS) is 13.3. The molecule has 0 radical (unpaired) electrons. The molecule has 0 aliphatic carbocycles. The molecule has 0 aliphatic rings. The second-order valence-electron chi connectivity index (χ2n) is 4.01. The SMILES string of the molecule is CC[C@H](C)NC(=O)/C=C(\C)c1ccccc1. The van der Waals surface area contributed by atoms with E-state index in [0.29, 0.717) is 0 Å². The van der Waals surface area contributed by atoms with Gasteiger partial charge >= 0.3 is 0 Å². The van der Waals surface area contributed by atoms with Crippen molar-refractivity contribution in [2.24, 2.45) is 0 Å². The predicted molar refractivity (Wildman–Crippen MR) is 68.0 cm³/mol. The van der Waals surface area contributed by atoms with Crippen LogP contribution in [0.3, 0.4) is 0 Å². The van der Waals surface area contributed by atoms with Gasteiger partial charge in [0.2, 0.25) is 5.91 Å². The van der Waals surface area contributed by atoms with E-state index in [-0.39, 0.29) is 11.9 Å². The molecule has 1 N–H and O–H groups in total. The van der Waals surface area contributed by atoms with E-state index in [9.17, 15) is 4.79 Å². The molecule has 0 saturated heterocycles. The van der Waals surface area contributed by atoms with Crippen LogP contribution in [0, 0.1) is 0 Å². The number of carbonyl (C=O) groups is 1. The van der Waals surface area contributed by atoms with Crippen LogP contribution in [0.5, 0.6) is 0 Å². The van der Waals surface area contributed by atoms with Gasteiger partial charge in [0, 0.05) is 12.1 Å². The predicted octanol–water partition coefficient (Wildman–Crippen LogP) is 3.00. The number of hydrogen-bond donors (Lipinski definition) is 1. The average molecular weight is 217 g/mol. The maximum absolute atomic E-state index is 11.6. The van der Waals surface area contributed by atoms with Crippen molar-refractivity contribution < 1.29 is 4.79 Å². The summed E-state index contributed by atoms with van der Waals surface area (Å²) in [5, 5.41) is 2.91. The zero-order chi connectivity index (χ0) is 12.0. The van der Waals surface area contributed by atoms with E-state index in [0.717, 1.165) is 17.6 Å². The first-order valence-electron chi connectivity index (χ1n) is 5.67.